The molecule has 1 N–H and O–H groups in total. The van der Waals surface area contributed by atoms with Gasteiger partial charge in [-0.1, -0.05) is 18.2 Å². The Labute approximate surface area is 93.9 Å². The molecular formula is C12H13N3O. The number of rotatable bonds is 0. The highest BCUT2D eigenvalue weighted by molar-refractivity contribution is 6.02. The van der Waals surface area contributed by atoms with E-state index in [9.17, 15) is 0 Å². The third-order valence-electron chi connectivity index (χ3n) is 3.62. The van der Waals surface area contributed by atoms with Gasteiger partial charge in [0.2, 0.25) is 0 Å². The minimum atomic E-state index is 0.0961. The van der Waals surface area contributed by atoms with Gasteiger partial charge in [-0.3, -0.25) is 9.89 Å². The van der Waals surface area contributed by atoms with E-state index in [1.54, 1.807) is 0 Å². The minimum Gasteiger partial charge on any atom is -0.376 e. The number of hydrogen-bond acceptors (Lipinski definition) is 4. The molecule has 3 aliphatic rings. The van der Waals surface area contributed by atoms with Crippen molar-refractivity contribution in [3.05, 3.63) is 29.8 Å². The summed E-state index contributed by atoms with van der Waals surface area (Å²) >= 11 is 0. The van der Waals surface area contributed by atoms with E-state index in [2.05, 4.69) is 39.5 Å². The second kappa shape index (κ2) is 2.77. The van der Waals surface area contributed by atoms with Gasteiger partial charge in [-0.25, -0.2) is 0 Å². The van der Waals surface area contributed by atoms with Crippen LogP contribution in [0, 0.1) is 0 Å². The quantitative estimate of drug-likeness (QED) is 0.693. The molecule has 4 nitrogen and oxygen atoms in total. The van der Waals surface area contributed by atoms with Crippen molar-refractivity contribution < 1.29 is 4.74 Å². The van der Waals surface area contributed by atoms with Crippen molar-refractivity contribution in [3.63, 3.8) is 0 Å². The van der Waals surface area contributed by atoms with E-state index in [1.807, 2.05) is 0 Å². The third-order valence-corrected chi connectivity index (χ3v) is 3.62. The Bertz CT molecular complexity index is 479. The average Bonchev–Trinajstić information content (AvgIpc) is 2.68. The molecule has 0 atom stereocenters. The predicted octanol–water partition coefficient (Wildman–Crippen LogP) is 0.735. The van der Waals surface area contributed by atoms with Crippen molar-refractivity contribution in [3.8, 4) is 0 Å². The van der Waals surface area contributed by atoms with Crippen LogP contribution in [0.2, 0.25) is 0 Å². The fourth-order valence-electron chi connectivity index (χ4n) is 2.70. The number of aliphatic imine (C=N–C) groups is 1. The maximum Gasteiger partial charge on any atom is 0.199 e. The normalized spacial score (nSPS) is 24.2. The maximum absolute atomic E-state index is 5.38. The number of anilines is 1. The van der Waals surface area contributed by atoms with E-state index in [0.717, 1.165) is 32.3 Å². The molecule has 1 aromatic carbocycles. The summed E-state index contributed by atoms with van der Waals surface area (Å²) < 4.78 is 5.38. The Hall–Kier alpha value is -1.55. The third kappa shape index (κ3) is 0.906. The number of hydrogen-bond donors (Lipinski definition) is 1. The number of benzene rings is 1. The Kier molecular flexibility index (Phi) is 1.48. The lowest BCUT2D eigenvalue weighted by Crippen LogP contribution is -2.65. The molecular weight excluding hydrogens is 202 g/mol. The highest BCUT2D eigenvalue weighted by Crippen LogP contribution is 2.38. The van der Waals surface area contributed by atoms with Crippen LogP contribution in [0.5, 0.6) is 0 Å². The molecule has 3 heterocycles. The zero-order chi connectivity index (χ0) is 10.6. The van der Waals surface area contributed by atoms with Crippen molar-refractivity contribution in [2.45, 2.75) is 12.1 Å². The fraction of sp³-hybridized carbons (Fsp3) is 0.417. The first-order chi connectivity index (χ1) is 7.89. The highest BCUT2D eigenvalue weighted by Gasteiger charge is 2.51. The van der Waals surface area contributed by atoms with Crippen LogP contribution in [0.4, 0.5) is 5.69 Å². The lowest BCUT2D eigenvalue weighted by Gasteiger charge is -2.47. The molecule has 4 rings (SSSR count). The molecule has 0 bridgehead atoms. The summed E-state index contributed by atoms with van der Waals surface area (Å²) in [4.78, 5) is 6.91. The summed E-state index contributed by atoms with van der Waals surface area (Å²) in [5, 5.41) is 3.38. The van der Waals surface area contributed by atoms with E-state index < -0.39 is 0 Å². The van der Waals surface area contributed by atoms with Gasteiger partial charge >= 0.3 is 0 Å². The SMILES string of the molecule is c1ccc2c(c1)CNC1=NCC3(COC3)N12. The second-order valence-electron chi connectivity index (χ2n) is 4.67. The second-order valence-corrected chi connectivity index (χ2v) is 4.67. The van der Waals surface area contributed by atoms with Crippen LogP contribution in [0.3, 0.4) is 0 Å². The molecule has 82 valence electrons. The van der Waals surface area contributed by atoms with Gasteiger partial charge in [-0.15, -0.1) is 0 Å². The summed E-state index contributed by atoms with van der Waals surface area (Å²) in [6.07, 6.45) is 0. The number of ether oxygens (including phenoxy) is 1. The van der Waals surface area contributed by atoms with Crippen molar-refractivity contribution in [1.82, 2.24) is 5.32 Å². The highest BCUT2D eigenvalue weighted by atomic mass is 16.5. The predicted molar refractivity (Wildman–Crippen MR) is 61.6 cm³/mol. The van der Waals surface area contributed by atoms with E-state index in [1.165, 1.54) is 11.3 Å². The fourth-order valence-corrected chi connectivity index (χ4v) is 2.70. The van der Waals surface area contributed by atoms with Crippen molar-refractivity contribution in [2.75, 3.05) is 24.7 Å². The molecule has 0 unspecified atom stereocenters. The molecule has 0 aliphatic carbocycles. The summed E-state index contributed by atoms with van der Waals surface area (Å²) in [6.45, 7) is 3.30. The first-order valence-corrected chi connectivity index (χ1v) is 5.63. The monoisotopic (exact) mass is 215 g/mol. The van der Waals surface area contributed by atoms with Gasteiger partial charge in [0, 0.05) is 12.2 Å². The summed E-state index contributed by atoms with van der Waals surface area (Å²) in [7, 11) is 0. The molecule has 3 aliphatic heterocycles. The molecule has 0 saturated carbocycles. The van der Waals surface area contributed by atoms with Gasteiger partial charge in [0.05, 0.1) is 19.8 Å². The Morgan fingerprint density at radius 2 is 2.19 bits per heavy atom. The number of guanidine groups is 1. The Balaban J connectivity index is 1.86. The van der Waals surface area contributed by atoms with Crippen molar-refractivity contribution >= 4 is 11.6 Å². The Morgan fingerprint density at radius 1 is 1.31 bits per heavy atom. The lowest BCUT2D eigenvalue weighted by molar-refractivity contribution is -0.0428. The first kappa shape index (κ1) is 8.58. The molecule has 0 aromatic heterocycles. The number of fused-ring (bicyclic) bond motifs is 4. The van der Waals surface area contributed by atoms with E-state index in [-0.39, 0.29) is 5.54 Å². The van der Waals surface area contributed by atoms with Crippen LogP contribution in [-0.4, -0.2) is 31.3 Å². The van der Waals surface area contributed by atoms with E-state index in [4.69, 9.17) is 4.74 Å². The largest absolute Gasteiger partial charge is 0.376 e. The number of para-hydroxylation sites is 1. The molecule has 0 amide bonds. The van der Waals surface area contributed by atoms with Crippen molar-refractivity contribution in [2.24, 2.45) is 4.99 Å². The number of nitrogens with one attached hydrogen (secondary N) is 1. The Morgan fingerprint density at radius 3 is 3.00 bits per heavy atom. The zero-order valence-corrected chi connectivity index (χ0v) is 8.94. The minimum absolute atomic E-state index is 0.0961. The molecule has 16 heavy (non-hydrogen) atoms. The zero-order valence-electron chi connectivity index (χ0n) is 8.94. The molecule has 1 fully saturated rings. The lowest BCUT2D eigenvalue weighted by atomic mass is 9.94. The van der Waals surface area contributed by atoms with Gasteiger partial charge in [0.15, 0.2) is 5.96 Å². The standard InChI is InChI=1S/C12H13N3O/c1-2-4-10-9(3-1)5-13-11-14-6-12(15(10)11)7-16-8-12/h1-4H,5-8H2,(H,13,14). The molecule has 1 spiro atoms. The van der Waals surface area contributed by atoms with E-state index >= 15 is 0 Å². The average molecular weight is 215 g/mol. The smallest absolute Gasteiger partial charge is 0.199 e. The summed E-state index contributed by atoms with van der Waals surface area (Å²) in [5.41, 5.74) is 2.73. The van der Waals surface area contributed by atoms with Crippen LogP contribution < -0.4 is 10.2 Å². The van der Waals surface area contributed by atoms with Gasteiger partial charge in [-0.05, 0) is 11.6 Å². The molecule has 1 saturated heterocycles. The van der Waals surface area contributed by atoms with Gasteiger partial charge < -0.3 is 10.1 Å². The summed E-state index contributed by atoms with van der Waals surface area (Å²) in [5.74, 6) is 1.02. The maximum atomic E-state index is 5.38. The van der Waals surface area contributed by atoms with Crippen LogP contribution >= 0.6 is 0 Å². The van der Waals surface area contributed by atoms with E-state index in [0.29, 0.717) is 0 Å². The van der Waals surface area contributed by atoms with Crippen molar-refractivity contribution in [1.29, 1.82) is 0 Å². The van der Waals surface area contributed by atoms with Crippen LogP contribution in [0.25, 0.3) is 0 Å². The summed E-state index contributed by atoms with van der Waals surface area (Å²) in [6, 6.07) is 8.53. The number of nitrogens with zero attached hydrogens (tertiary/aromatic N) is 2. The van der Waals surface area contributed by atoms with Gasteiger partial charge in [-0.2, -0.15) is 0 Å². The topological polar surface area (TPSA) is 36.9 Å². The first-order valence-electron chi connectivity index (χ1n) is 5.63. The van der Waals surface area contributed by atoms with Crippen LogP contribution in [-0.2, 0) is 11.3 Å². The van der Waals surface area contributed by atoms with Gasteiger partial charge in [0.1, 0.15) is 5.54 Å². The van der Waals surface area contributed by atoms with Gasteiger partial charge in [0.25, 0.3) is 0 Å². The molecule has 1 aromatic rings. The van der Waals surface area contributed by atoms with Crippen LogP contribution in [0.15, 0.2) is 29.3 Å². The molecule has 4 heteroatoms. The van der Waals surface area contributed by atoms with Crippen LogP contribution in [0.1, 0.15) is 5.56 Å². The molecule has 0 radical (unpaired) electrons.